The van der Waals surface area contributed by atoms with Crippen LogP contribution in [0.4, 0.5) is 5.69 Å². The zero-order chi connectivity index (χ0) is 14.5. The molecule has 1 aromatic carbocycles. The highest BCUT2D eigenvalue weighted by Crippen LogP contribution is 2.12. The Balaban J connectivity index is 2.21. The van der Waals surface area contributed by atoms with Crippen molar-refractivity contribution in [1.82, 2.24) is 4.98 Å². The zero-order valence-corrected chi connectivity index (χ0v) is 10.4. The van der Waals surface area contributed by atoms with Crippen molar-refractivity contribution in [2.75, 3.05) is 5.32 Å². The highest BCUT2D eigenvalue weighted by molar-refractivity contribution is 6.09. The Bertz CT molecular complexity index is 638. The first-order valence-electron chi connectivity index (χ1n) is 5.81. The van der Waals surface area contributed by atoms with Gasteiger partial charge in [0.15, 0.2) is 0 Å². The lowest BCUT2D eigenvalue weighted by atomic mass is 10.1. The molecule has 0 aliphatic rings. The summed E-state index contributed by atoms with van der Waals surface area (Å²) in [5, 5.41) is 20.5. The lowest BCUT2D eigenvalue weighted by Crippen LogP contribution is -2.18. The molecule has 0 unspecified atom stereocenters. The van der Waals surface area contributed by atoms with E-state index < -0.39 is 11.9 Å². The Kier molecular flexibility index (Phi) is 4.07. The summed E-state index contributed by atoms with van der Waals surface area (Å²) in [6.07, 6.45) is 1.36. The molecule has 0 atom stereocenters. The Hall–Kier alpha value is -2.73. The van der Waals surface area contributed by atoms with Crippen LogP contribution in [-0.2, 0) is 6.61 Å². The van der Waals surface area contributed by atoms with Crippen LogP contribution in [0.1, 0.15) is 26.4 Å². The Morgan fingerprint density at radius 3 is 2.45 bits per heavy atom. The van der Waals surface area contributed by atoms with Crippen molar-refractivity contribution >= 4 is 17.6 Å². The lowest BCUT2D eigenvalue weighted by Gasteiger charge is -2.07. The molecule has 0 bridgehead atoms. The van der Waals surface area contributed by atoms with Crippen LogP contribution in [0.3, 0.4) is 0 Å². The molecule has 0 saturated carbocycles. The largest absolute Gasteiger partial charge is 0.478 e. The monoisotopic (exact) mass is 272 g/mol. The first-order valence-corrected chi connectivity index (χ1v) is 5.81. The van der Waals surface area contributed by atoms with Crippen molar-refractivity contribution < 1.29 is 19.8 Å². The molecular formula is C14H12N2O4. The van der Waals surface area contributed by atoms with E-state index in [1.54, 1.807) is 24.3 Å². The summed E-state index contributed by atoms with van der Waals surface area (Å²) in [6, 6.07) is 9.33. The predicted molar refractivity (Wildman–Crippen MR) is 71.5 cm³/mol. The van der Waals surface area contributed by atoms with Crippen LogP contribution in [-0.4, -0.2) is 27.1 Å². The number of anilines is 1. The number of aromatic carboxylic acids is 1. The SMILES string of the molecule is O=C(O)c1cccnc1C(=O)Nc1ccc(CO)cc1. The van der Waals surface area contributed by atoms with Crippen LogP contribution in [0.25, 0.3) is 0 Å². The maximum absolute atomic E-state index is 12.0. The molecule has 0 aliphatic heterocycles. The fourth-order valence-corrected chi connectivity index (χ4v) is 1.64. The maximum atomic E-state index is 12.0. The zero-order valence-electron chi connectivity index (χ0n) is 10.4. The summed E-state index contributed by atoms with van der Waals surface area (Å²) < 4.78 is 0. The van der Waals surface area contributed by atoms with E-state index in [1.165, 1.54) is 18.3 Å². The fourth-order valence-electron chi connectivity index (χ4n) is 1.64. The van der Waals surface area contributed by atoms with Crippen LogP contribution < -0.4 is 5.32 Å². The molecule has 0 spiro atoms. The number of hydrogen-bond donors (Lipinski definition) is 3. The molecule has 1 aromatic heterocycles. The molecular weight excluding hydrogens is 260 g/mol. The molecule has 20 heavy (non-hydrogen) atoms. The minimum absolute atomic E-state index is 0.0857. The number of pyridine rings is 1. The topological polar surface area (TPSA) is 99.5 Å². The van der Waals surface area contributed by atoms with E-state index in [0.717, 1.165) is 0 Å². The Morgan fingerprint density at radius 1 is 1.15 bits per heavy atom. The summed E-state index contributed by atoms with van der Waals surface area (Å²) in [4.78, 5) is 26.8. The molecule has 0 fully saturated rings. The van der Waals surface area contributed by atoms with Gasteiger partial charge < -0.3 is 15.5 Å². The van der Waals surface area contributed by atoms with Gasteiger partial charge in [0.1, 0.15) is 5.69 Å². The number of carbonyl (C=O) groups is 2. The molecule has 3 N–H and O–H groups in total. The van der Waals surface area contributed by atoms with Crippen molar-refractivity contribution in [3.05, 3.63) is 59.4 Å². The second-order valence-corrected chi connectivity index (χ2v) is 4.01. The van der Waals surface area contributed by atoms with Crippen LogP contribution >= 0.6 is 0 Å². The van der Waals surface area contributed by atoms with E-state index in [-0.39, 0.29) is 17.9 Å². The summed E-state index contributed by atoms with van der Waals surface area (Å²) in [7, 11) is 0. The number of nitrogens with zero attached hydrogens (tertiary/aromatic N) is 1. The molecule has 102 valence electrons. The van der Waals surface area contributed by atoms with Crippen molar-refractivity contribution in [3.8, 4) is 0 Å². The van der Waals surface area contributed by atoms with Crippen LogP contribution in [0.5, 0.6) is 0 Å². The highest BCUT2D eigenvalue weighted by atomic mass is 16.4. The molecule has 0 aliphatic carbocycles. The minimum Gasteiger partial charge on any atom is -0.478 e. The second-order valence-electron chi connectivity index (χ2n) is 4.01. The number of nitrogens with one attached hydrogen (secondary N) is 1. The standard InChI is InChI=1S/C14H12N2O4/c17-8-9-3-5-10(6-4-9)16-13(18)12-11(14(19)20)2-1-7-15-12/h1-7,17H,8H2,(H,16,18)(H,19,20). The number of amides is 1. The smallest absolute Gasteiger partial charge is 0.338 e. The van der Waals surface area contributed by atoms with E-state index in [1.807, 2.05) is 0 Å². The van der Waals surface area contributed by atoms with Gasteiger partial charge in [-0.2, -0.15) is 0 Å². The average Bonchev–Trinajstić information content (AvgIpc) is 2.48. The summed E-state index contributed by atoms with van der Waals surface area (Å²) in [6.45, 7) is -0.0857. The number of carboxylic acids is 1. The number of aliphatic hydroxyl groups is 1. The van der Waals surface area contributed by atoms with Gasteiger partial charge in [-0.05, 0) is 29.8 Å². The number of hydrogen-bond acceptors (Lipinski definition) is 4. The molecule has 1 amide bonds. The third-order valence-corrected chi connectivity index (χ3v) is 2.65. The number of rotatable bonds is 4. The third kappa shape index (κ3) is 2.99. The molecule has 6 heteroatoms. The Morgan fingerprint density at radius 2 is 1.85 bits per heavy atom. The first-order chi connectivity index (χ1) is 9.61. The van der Waals surface area contributed by atoms with Gasteiger partial charge in [-0.1, -0.05) is 12.1 Å². The molecule has 1 heterocycles. The number of aromatic nitrogens is 1. The van der Waals surface area contributed by atoms with E-state index in [9.17, 15) is 9.59 Å². The first kappa shape index (κ1) is 13.7. The van der Waals surface area contributed by atoms with Gasteiger partial charge in [0.05, 0.1) is 12.2 Å². The number of aliphatic hydroxyl groups excluding tert-OH is 1. The number of benzene rings is 1. The van der Waals surface area contributed by atoms with Crippen molar-refractivity contribution in [2.24, 2.45) is 0 Å². The normalized spacial score (nSPS) is 10.1. The van der Waals surface area contributed by atoms with Gasteiger partial charge in [0, 0.05) is 11.9 Å². The number of carboxylic acid groups (broad SMARTS) is 1. The van der Waals surface area contributed by atoms with Gasteiger partial charge in [-0.15, -0.1) is 0 Å². The number of carbonyl (C=O) groups excluding carboxylic acids is 1. The predicted octanol–water partition coefficient (Wildman–Crippen LogP) is 1.52. The molecule has 0 saturated heterocycles. The van der Waals surface area contributed by atoms with Gasteiger partial charge in [-0.25, -0.2) is 4.79 Å². The van der Waals surface area contributed by atoms with E-state index in [4.69, 9.17) is 10.2 Å². The lowest BCUT2D eigenvalue weighted by molar-refractivity contribution is 0.0691. The van der Waals surface area contributed by atoms with Crippen molar-refractivity contribution in [2.45, 2.75) is 6.61 Å². The highest BCUT2D eigenvalue weighted by Gasteiger charge is 2.17. The average molecular weight is 272 g/mol. The molecule has 6 nitrogen and oxygen atoms in total. The Labute approximate surface area is 114 Å². The fraction of sp³-hybridized carbons (Fsp3) is 0.0714. The molecule has 0 radical (unpaired) electrons. The van der Waals surface area contributed by atoms with Crippen molar-refractivity contribution in [1.29, 1.82) is 0 Å². The summed E-state index contributed by atoms with van der Waals surface area (Å²) >= 11 is 0. The van der Waals surface area contributed by atoms with Gasteiger partial charge in [-0.3, -0.25) is 9.78 Å². The summed E-state index contributed by atoms with van der Waals surface area (Å²) in [5.41, 5.74) is 0.907. The van der Waals surface area contributed by atoms with E-state index in [0.29, 0.717) is 11.3 Å². The molecule has 2 aromatic rings. The van der Waals surface area contributed by atoms with Gasteiger partial charge >= 0.3 is 5.97 Å². The van der Waals surface area contributed by atoms with Crippen LogP contribution in [0, 0.1) is 0 Å². The van der Waals surface area contributed by atoms with Gasteiger partial charge in [0.2, 0.25) is 0 Å². The van der Waals surface area contributed by atoms with Crippen LogP contribution in [0.15, 0.2) is 42.6 Å². The third-order valence-electron chi connectivity index (χ3n) is 2.65. The van der Waals surface area contributed by atoms with E-state index >= 15 is 0 Å². The maximum Gasteiger partial charge on any atom is 0.338 e. The van der Waals surface area contributed by atoms with Crippen LogP contribution in [0.2, 0.25) is 0 Å². The van der Waals surface area contributed by atoms with E-state index in [2.05, 4.69) is 10.3 Å². The van der Waals surface area contributed by atoms with Gasteiger partial charge in [0.25, 0.3) is 5.91 Å². The second kappa shape index (κ2) is 5.94. The summed E-state index contributed by atoms with van der Waals surface area (Å²) in [5.74, 6) is -1.81. The quantitative estimate of drug-likeness (QED) is 0.783. The van der Waals surface area contributed by atoms with Crippen molar-refractivity contribution in [3.63, 3.8) is 0 Å². The minimum atomic E-state index is -1.21. The molecule has 2 rings (SSSR count).